The van der Waals surface area contributed by atoms with Gasteiger partial charge >= 0.3 is 0 Å². The predicted octanol–water partition coefficient (Wildman–Crippen LogP) is 1.86. The van der Waals surface area contributed by atoms with E-state index in [1.54, 1.807) is 0 Å². The zero-order chi connectivity index (χ0) is 16.9. The maximum absolute atomic E-state index is 6.08. The minimum atomic E-state index is 0.424. The van der Waals surface area contributed by atoms with E-state index in [-0.39, 0.29) is 0 Å². The molecule has 2 saturated carbocycles. The predicted molar refractivity (Wildman–Crippen MR) is 99.7 cm³/mol. The first-order chi connectivity index (χ1) is 12.3. The number of hydrogen-bond acceptors (Lipinski definition) is 3. The maximum Gasteiger partial charge on any atom is 0.194 e. The number of fused-ring (bicyclic) bond motifs is 2. The summed E-state index contributed by atoms with van der Waals surface area (Å²) in [6, 6.07) is 1.27. The highest BCUT2D eigenvalue weighted by Crippen LogP contribution is 2.62. The molecular weight excluding hydrogens is 312 g/mol. The molecule has 2 saturated heterocycles. The molecule has 5 nitrogen and oxygen atoms in total. The molecule has 5 aliphatic rings. The topological polar surface area (TPSA) is 40.1 Å². The van der Waals surface area contributed by atoms with Gasteiger partial charge in [0.2, 0.25) is 0 Å². The van der Waals surface area contributed by atoms with Crippen molar-refractivity contribution in [2.24, 2.45) is 16.3 Å². The van der Waals surface area contributed by atoms with E-state index >= 15 is 0 Å². The maximum atomic E-state index is 6.08. The Morgan fingerprint density at radius 3 is 2.84 bits per heavy atom. The molecule has 5 heteroatoms. The van der Waals surface area contributed by atoms with Gasteiger partial charge in [0.25, 0.3) is 0 Å². The first-order valence-electron chi connectivity index (χ1n) is 10.4. The van der Waals surface area contributed by atoms with Crippen molar-refractivity contribution in [3.63, 3.8) is 0 Å². The molecule has 0 aromatic carbocycles. The standard InChI is InChI=1S/C20H32N4O/c1-2-21-19(24-12-6-15(14-24)23-10-3-4-11-23)22-17-16-7-13-25-18(16)20(17)8-5-9-20/h3-4,15-18H,2,5-14H2,1H3,(H,21,22). The van der Waals surface area contributed by atoms with Crippen molar-refractivity contribution in [1.29, 1.82) is 0 Å². The Balaban J connectivity index is 1.27. The fourth-order valence-electron chi connectivity index (χ4n) is 6.01. The zero-order valence-electron chi connectivity index (χ0n) is 15.5. The van der Waals surface area contributed by atoms with Crippen LogP contribution in [0.3, 0.4) is 0 Å². The second-order valence-electron chi connectivity index (χ2n) is 8.56. The van der Waals surface area contributed by atoms with Crippen molar-refractivity contribution in [3.8, 4) is 0 Å². The summed E-state index contributed by atoms with van der Waals surface area (Å²) in [5, 5.41) is 3.93. The normalized spacial score (nSPS) is 39.6. The molecule has 138 valence electrons. The molecule has 2 aliphatic carbocycles. The van der Waals surface area contributed by atoms with Crippen molar-refractivity contribution < 1.29 is 4.74 Å². The van der Waals surface area contributed by atoms with E-state index in [0.717, 1.165) is 39.3 Å². The van der Waals surface area contributed by atoms with Gasteiger partial charge in [-0.25, -0.2) is 0 Å². The smallest absolute Gasteiger partial charge is 0.194 e. The number of rotatable bonds is 3. The molecule has 0 radical (unpaired) electrons. The average Bonchev–Trinajstić information content (AvgIpc) is 3.29. The third-order valence-corrected chi connectivity index (χ3v) is 7.45. The molecule has 0 aromatic heterocycles. The van der Waals surface area contributed by atoms with Gasteiger partial charge < -0.3 is 15.0 Å². The lowest BCUT2D eigenvalue weighted by molar-refractivity contribution is -0.171. The Morgan fingerprint density at radius 1 is 1.28 bits per heavy atom. The number of aliphatic imine (C=N–C) groups is 1. The fraction of sp³-hybridized carbons (Fsp3) is 0.850. The van der Waals surface area contributed by atoms with Crippen molar-refractivity contribution in [3.05, 3.63) is 12.2 Å². The largest absolute Gasteiger partial charge is 0.377 e. The van der Waals surface area contributed by atoms with E-state index < -0.39 is 0 Å². The van der Waals surface area contributed by atoms with Gasteiger partial charge in [-0.1, -0.05) is 18.6 Å². The molecule has 1 spiro atoms. The minimum absolute atomic E-state index is 0.424. The van der Waals surface area contributed by atoms with E-state index in [1.165, 1.54) is 38.1 Å². The summed E-state index contributed by atoms with van der Waals surface area (Å²) in [7, 11) is 0. The lowest BCUT2D eigenvalue weighted by Gasteiger charge is -2.63. The zero-order valence-corrected chi connectivity index (χ0v) is 15.5. The highest BCUT2D eigenvalue weighted by molar-refractivity contribution is 5.81. The Morgan fingerprint density at radius 2 is 2.12 bits per heavy atom. The van der Waals surface area contributed by atoms with Gasteiger partial charge in [0.15, 0.2) is 5.96 Å². The van der Waals surface area contributed by atoms with Gasteiger partial charge in [0, 0.05) is 62.7 Å². The highest BCUT2D eigenvalue weighted by Gasteiger charge is 2.66. The van der Waals surface area contributed by atoms with Gasteiger partial charge in [-0.2, -0.15) is 0 Å². The SMILES string of the molecule is CCN=C(NC1C2CCOC2C12CCC2)N1CCC(N2CC=CC2)C1. The third kappa shape index (κ3) is 2.46. The van der Waals surface area contributed by atoms with Gasteiger partial charge in [0.05, 0.1) is 6.10 Å². The summed E-state index contributed by atoms with van der Waals surface area (Å²) in [5.74, 6) is 1.88. The van der Waals surface area contributed by atoms with Gasteiger partial charge in [0.1, 0.15) is 0 Å². The van der Waals surface area contributed by atoms with E-state index in [4.69, 9.17) is 9.73 Å². The summed E-state index contributed by atoms with van der Waals surface area (Å²) in [5.41, 5.74) is 0.424. The van der Waals surface area contributed by atoms with Crippen LogP contribution >= 0.6 is 0 Å². The van der Waals surface area contributed by atoms with Crippen LogP contribution in [0.15, 0.2) is 17.1 Å². The van der Waals surface area contributed by atoms with Crippen LogP contribution in [0.25, 0.3) is 0 Å². The molecule has 0 bridgehead atoms. The highest BCUT2D eigenvalue weighted by atomic mass is 16.5. The lowest BCUT2D eigenvalue weighted by Crippen LogP contribution is -2.72. The number of hydrogen-bond donors (Lipinski definition) is 1. The van der Waals surface area contributed by atoms with Crippen LogP contribution in [0.5, 0.6) is 0 Å². The van der Waals surface area contributed by atoms with E-state index in [9.17, 15) is 0 Å². The molecule has 4 unspecified atom stereocenters. The van der Waals surface area contributed by atoms with Crippen LogP contribution in [-0.2, 0) is 4.74 Å². The number of ether oxygens (including phenoxy) is 1. The molecule has 4 atom stereocenters. The molecule has 3 aliphatic heterocycles. The van der Waals surface area contributed by atoms with Crippen molar-refractivity contribution in [1.82, 2.24) is 15.1 Å². The molecule has 25 heavy (non-hydrogen) atoms. The van der Waals surface area contributed by atoms with Gasteiger partial charge in [-0.3, -0.25) is 9.89 Å². The van der Waals surface area contributed by atoms with Crippen LogP contribution in [0, 0.1) is 11.3 Å². The second-order valence-corrected chi connectivity index (χ2v) is 8.56. The van der Waals surface area contributed by atoms with Gasteiger partial charge in [-0.15, -0.1) is 0 Å². The summed E-state index contributed by atoms with van der Waals surface area (Å²) < 4.78 is 6.08. The van der Waals surface area contributed by atoms with Crippen LogP contribution in [0.4, 0.5) is 0 Å². The van der Waals surface area contributed by atoms with Crippen molar-refractivity contribution in [2.75, 3.05) is 39.3 Å². The minimum Gasteiger partial charge on any atom is -0.377 e. The Bertz CT molecular complexity index is 562. The average molecular weight is 345 g/mol. The van der Waals surface area contributed by atoms with Crippen LogP contribution in [-0.4, -0.2) is 73.3 Å². The first-order valence-corrected chi connectivity index (χ1v) is 10.4. The van der Waals surface area contributed by atoms with E-state index in [1.807, 2.05) is 0 Å². The summed E-state index contributed by atoms with van der Waals surface area (Å²) in [4.78, 5) is 10.00. The Labute approximate surface area is 151 Å². The molecular formula is C20H32N4O. The first kappa shape index (κ1) is 16.1. The summed E-state index contributed by atoms with van der Waals surface area (Å²) >= 11 is 0. The number of nitrogens with zero attached hydrogens (tertiary/aromatic N) is 3. The molecule has 3 heterocycles. The Hall–Kier alpha value is -1.07. The quantitative estimate of drug-likeness (QED) is 0.482. The summed E-state index contributed by atoms with van der Waals surface area (Å²) in [6.45, 7) is 8.48. The van der Waals surface area contributed by atoms with Crippen LogP contribution in [0.2, 0.25) is 0 Å². The molecule has 0 amide bonds. The third-order valence-electron chi connectivity index (χ3n) is 7.45. The number of guanidine groups is 1. The molecule has 5 rings (SSSR count). The van der Waals surface area contributed by atoms with Crippen molar-refractivity contribution in [2.45, 2.75) is 57.2 Å². The summed E-state index contributed by atoms with van der Waals surface area (Å²) in [6.07, 6.45) is 11.7. The second kappa shape index (κ2) is 6.27. The Kier molecular flexibility index (Phi) is 4.05. The van der Waals surface area contributed by atoms with E-state index in [2.05, 4.69) is 34.2 Å². The van der Waals surface area contributed by atoms with Crippen LogP contribution < -0.4 is 5.32 Å². The van der Waals surface area contributed by atoms with E-state index in [0.29, 0.717) is 29.5 Å². The fourth-order valence-corrected chi connectivity index (χ4v) is 6.01. The molecule has 1 N–H and O–H groups in total. The van der Waals surface area contributed by atoms with Crippen LogP contribution in [0.1, 0.15) is 39.0 Å². The van der Waals surface area contributed by atoms with Crippen molar-refractivity contribution >= 4 is 5.96 Å². The lowest BCUT2D eigenvalue weighted by atomic mass is 9.46. The number of likely N-dealkylation sites (tertiary alicyclic amines) is 1. The molecule has 4 fully saturated rings. The molecule has 0 aromatic rings. The van der Waals surface area contributed by atoms with Gasteiger partial charge in [-0.05, 0) is 32.6 Å². The monoisotopic (exact) mass is 344 g/mol. The number of nitrogens with one attached hydrogen (secondary N) is 1.